The first-order valence-corrected chi connectivity index (χ1v) is 15.8. The minimum atomic E-state index is -1.01. The highest BCUT2D eigenvalue weighted by molar-refractivity contribution is 5.94. The van der Waals surface area contributed by atoms with E-state index in [9.17, 15) is 14.0 Å². The number of rotatable bonds is 6. The van der Waals surface area contributed by atoms with Crippen LogP contribution in [0.3, 0.4) is 0 Å². The molecular formula is C31H50FN8O2+. The number of benzene rings is 1. The van der Waals surface area contributed by atoms with E-state index in [2.05, 4.69) is 34.0 Å². The molecule has 7 N–H and O–H groups in total. The molecular weight excluding hydrogens is 535 g/mol. The van der Waals surface area contributed by atoms with Crippen molar-refractivity contribution in [3.63, 3.8) is 0 Å². The number of hydrogen-bond donors (Lipinski definition) is 5. The Morgan fingerprint density at radius 3 is 2.52 bits per heavy atom. The Labute approximate surface area is 249 Å². The van der Waals surface area contributed by atoms with Crippen LogP contribution in [0, 0.1) is 12.8 Å². The second-order valence-electron chi connectivity index (χ2n) is 12.7. The van der Waals surface area contributed by atoms with Crippen molar-refractivity contribution >= 4 is 17.5 Å². The number of aryl methyl sites for hydroxylation is 1. The number of hydrogen-bond acceptors (Lipinski definition) is 7. The number of carbonyl (C=O) groups is 2. The zero-order valence-corrected chi connectivity index (χ0v) is 25.3. The maximum Gasteiger partial charge on any atom is 0.253 e. The molecule has 3 aliphatic heterocycles. The molecule has 0 spiro atoms. The van der Waals surface area contributed by atoms with E-state index in [0.717, 1.165) is 76.0 Å². The number of alkyl halides is 1. The number of piperazine rings is 1. The van der Waals surface area contributed by atoms with Crippen LogP contribution in [0.15, 0.2) is 18.2 Å². The molecule has 232 valence electrons. The Hall–Kier alpha value is -2.44. The molecule has 0 aromatic heterocycles. The molecule has 4 fully saturated rings. The van der Waals surface area contributed by atoms with E-state index in [0.29, 0.717) is 12.1 Å². The number of nitrogens with two attached hydrogens (primary N) is 2. The van der Waals surface area contributed by atoms with Crippen LogP contribution in [-0.4, -0.2) is 116 Å². The van der Waals surface area contributed by atoms with Crippen molar-refractivity contribution in [2.45, 2.75) is 75.9 Å². The van der Waals surface area contributed by atoms with E-state index >= 15 is 0 Å². The molecule has 0 bridgehead atoms. The Bertz CT molecular complexity index is 1140. The molecule has 5 unspecified atom stereocenters. The third-order valence-corrected chi connectivity index (χ3v) is 9.69. The van der Waals surface area contributed by atoms with Gasteiger partial charge in [-0.25, -0.2) is 8.97 Å². The number of piperidine rings is 1. The SMILES string of the molecule is Cc1cc(C(=O)N2CCN(C)CC2)ccc1C1CCNCC1NC(=O)C(C(N)N)C1NCC(F)C[N+]1=C1CCCCC1. The fraction of sp³-hybridized carbons (Fsp3) is 0.710. The van der Waals surface area contributed by atoms with Crippen molar-refractivity contribution in [3.05, 3.63) is 34.9 Å². The van der Waals surface area contributed by atoms with Gasteiger partial charge in [0, 0.05) is 69.6 Å². The van der Waals surface area contributed by atoms with E-state index < -0.39 is 24.4 Å². The second-order valence-corrected chi connectivity index (χ2v) is 12.7. The molecule has 1 aromatic carbocycles. The molecule has 1 saturated carbocycles. The van der Waals surface area contributed by atoms with Gasteiger partial charge in [0.05, 0.1) is 6.17 Å². The zero-order valence-electron chi connectivity index (χ0n) is 25.3. The predicted molar refractivity (Wildman–Crippen MR) is 162 cm³/mol. The first kappa shape index (κ1) is 31.0. The fourth-order valence-electron chi connectivity index (χ4n) is 7.25. The standard InChI is InChI=1S/C31H49FN8O2/c1-20-16-21(31(42)39-14-12-38(2)13-15-39)8-9-24(20)25-10-11-35-18-26(25)37-30(41)27(28(33)34)29-36-17-22(32)19-40(29)23-6-4-3-5-7-23/h8-9,16,22,25-29,35-36H,3-7,10-15,17-19,33-34H2,1-2H3/p+1. The van der Waals surface area contributed by atoms with Crippen molar-refractivity contribution in [2.24, 2.45) is 17.4 Å². The van der Waals surface area contributed by atoms with E-state index in [1.807, 2.05) is 28.5 Å². The molecule has 5 atom stereocenters. The van der Waals surface area contributed by atoms with Crippen molar-refractivity contribution < 1.29 is 18.6 Å². The Balaban J connectivity index is 1.33. The van der Waals surface area contributed by atoms with Crippen LogP contribution in [0.1, 0.15) is 65.9 Å². The summed E-state index contributed by atoms with van der Waals surface area (Å²) in [4.78, 5) is 31.3. The van der Waals surface area contributed by atoms with E-state index in [-0.39, 0.29) is 36.9 Å². The van der Waals surface area contributed by atoms with Crippen LogP contribution in [-0.2, 0) is 4.79 Å². The van der Waals surface area contributed by atoms with Gasteiger partial charge in [0.2, 0.25) is 12.1 Å². The molecule has 11 heteroatoms. The first-order valence-electron chi connectivity index (χ1n) is 15.8. The number of carbonyl (C=O) groups excluding carboxylic acids is 2. The quantitative estimate of drug-likeness (QED) is 0.243. The maximum atomic E-state index is 14.6. The summed E-state index contributed by atoms with van der Waals surface area (Å²) in [6, 6.07) is 5.82. The average molecular weight is 586 g/mol. The van der Waals surface area contributed by atoms with Crippen LogP contribution < -0.4 is 27.4 Å². The number of nitrogens with one attached hydrogen (secondary N) is 3. The molecule has 2 amide bonds. The van der Waals surface area contributed by atoms with Gasteiger partial charge in [0.25, 0.3) is 5.91 Å². The molecule has 0 radical (unpaired) electrons. The van der Waals surface area contributed by atoms with Crippen molar-refractivity contribution in [2.75, 3.05) is 59.4 Å². The highest BCUT2D eigenvalue weighted by Gasteiger charge is 2.45. The molecule has 4 aliphatic rings. The summed E-state index contributed by atoms with van der Waals surface area (Å²) in [6.07, 6.45) is 3.67. The number of halogens is 1. The van der Waals surface area contributed by atoms with Gasteiger partial charge in [-0.3, -0.25) is 14.9 Å². The summed E-state index contributed by atoms with van der Waals surface area (Å²) >= 11 is 0. The van der Waals surface area contributed by atoms with Crippen molar-refractivity contribution in [1.82, 2.24) is 25.8 Å². The average Bonchev–Trinajstić information content (AvgIpc) is 2.99. The van der Waals surface area contributed by atoms with Gasteiger partial charge in [0.1, 0.15) is 5.92 Å². The van der Waals surface area contributed by atoms with Crippen LogP contribution >= 0.6 is 0 Å². The van der Waals surface area contributed by atoms with Gasteiger partial charge < -0.3 is 31.9 Å². The zero-order chi connectivity index (χ0) is 29.8. The molecule has 3 saturated heterocycles. The van der Waals surface area contributed by atoms with Crippen molar-refractivity contribution in [3.8, 4) is 0 Å². The van der Waals surface area contributed by atoms with E-state index in [1.165, 1.54) is 12.1 Å². The molecule has 42 heavy (non-hydrogen) atoms. The van der Waals surface area contributed by atoms with Gasteiger partial charge in [-0.05, 0) is 63.0 Å². The van der Waals surface area contributed by atoms with Gasteiger partial charge in [-0.1, -0.05) is 12.5 Å². The molecule has 5 rings (SSSR count). The lowest BCUT2D eigenvalue weighted by Gasteiger charge is -2.37. The van der Waals surface area contributed by atoms with Gasteiger partial charge >= 0.3 is 0 Å². The smallest absolute Gasteiger partial charge is 0.253 e. The molecule has 1 aromatic rings. The summed E-state index contributed by atoms with van der Waals surface area (Å²) < 4.78 is 16.6. The molecule has 3 heterocycles. The summed E-state index contributed by atoms with van der Waals surface area (Å²) in [6.45, 7) is 7.19. The van der Waals surface area contributed by atoms with Crippen LogP contribution in [0.2, 0.25) is 0 Å². The Kier molecular flexibility index (Phi) is 10.3. The Morgan fingerprint density at radius 2 is 1.83 bits per heavy atom. The van der Waals surface area contributed by atoms with Crippen molar-refractivity contribution in [1.29, 1.82) is 0 Å². The lowest BCUT2D eigenvalue weighted by atomic mass is 9.82. The van der Waals surface area contributed by atoms with E-state index in [1.54, 1.807) is 0 Å². The summed E-state index contributed by atoms with van der Waals surface area (Å²) in [5.74, 6) is -0.793. The summed E-state index contributed by atoms with van der Waals surface area (Å²) in [7, 11) is 2.08. The van der Waals surface area contributed by atoms with Crippen LogP contribution in [0.5, 0.6) is 0 Å². The predicted octanol–water partition coefficient (Wildman–Crippen LogP) is 0.489. The maximum absolute atomic E-state index is 14.6. The third kappa shape index (κ3) is 7.02. The van der Waals surface area contributed by atoms with E-state index in [4.69, 9.17) is 11.5 Å². The lowest BCUT2D eigenvalue weighted by Crippen LogP contribution is -2.66. The normalized spacial score (nSPS) is 28.6. The minimum absolute atomic E-state index is 0.0728. The lowest BCUT2D eigenvalue weighted by molar-refractivity contribution is -0.596. The molecule has 1 aliphatic carbocycles. The van der Waals surface area contributed by atoms with Gasteiger partial charge in [-0.2, -0.15) is 0 Å². The highest BCUT2D eigenvalue weighted by Crippen LogP contribution is 2.30. The number of likely N-dealkylation sites (N-methyl/N-ethyl adjacent to an activating group) is 1. The minimum Gasteiger partial charge on any atom is -0.351 e. The summed E-state index contributed by atoms with van der Waals surface area (Å²) in [5.41, 5.74) is 16.6. The third-order valence-electron chi connectivity index (χ3n) is 9.69. The van der Waals surface area contributed by atoms with Gasteiger partial charge in [0.15, 0.2) is 18.4 Å². The number of nitrogens with zero attached hydrogens (tertiary/aromatic N) is 3. The van der Waals surface area contributed by atoms with Gasteiger partial charge in [-0.15, -0.1) is 0 Å². The topological polar surface area (TPSA) is 132 Å². The summed E-state index contributed by atoms with van der Waals surface area (Å²) in [5, 5.41) is 9.99. The molecule has 10 nitrogen and oxygen atoms in total. The fourth-order valence-corrected chi connectivity index (χ4v) is 7.25. The largest absolute Gasteiger partial charge is 0.351 e. The monoisotopic (exact) mass is 585 g/mol. The number of amides is 2. The highest BCUT2D eigenvalue weighted by atomic mass is 19.1. The second kappa shape index (κ2) is 13.9. The Morgan fingerprint density at radius 1 is 1.10 bits per heavy atom. The van der Waals surface area contributed by atoms with Crippen LogP contribution in [0.4, 0.5) is 4.39 Å². The van der Waals surface area contributed by atoms with Crippen LogP contribution in [0.25, 0.3) is 0 Å². The first-order chi connectivity index (χ1) is 20.2.